The Kier molecular flexibility index (Phi) is 4.22. The fraction of sp³-hybridized carbons (Fsp3) is 0.846. The average Bonchev–Trinajstić information content (AvgIpc) is 2.70. The minimum absolute atomic E-state index is 0.101. The molecule has 2 aliphatic heterocycles. The topological polar surface area (TPSA) is 58.6 Å². The molecule has 2 fully saturated rings. The molecule has 0 unspecified atom stereocenters. The first kappa shape index (κ1) is 13.3. The molecule has 2 saturated heterocycles. The van der Waals surface area contributed by atoms with Crippen molar-refractivity contribution in [1.82, 2.24) is 10.2 Å². The summed E-state index contributed by atoms with van der Waals surface area (Å²) < 4.78 is 5.14. The second-order valence-electron chi connectivity index (χ2n) is 5.22. The summed E-state index contributed by atoms with van der Waals surface area (Å²) in [4.78, 5) is 25.2. The Balaban J connectivity index is 1.63. The maximum Gasteiger partial charge on any atom is 0.230 e. The van der Waals surface area contributed by atoms with E-state index in [1.165, 1.54) is 0 Å². The van der Waals surface area contributed by atoms with Crippen LogP contribution in [0.1, 0.15) is 32.6 Å². The lowest BCUT2D eigenvalue weighted by Crippen LogP contribution is -2.53. The highest BCUT2D eigenvalue weighted by atomic mass is 16.5. The molecule has 2 rings (SSSR count). The molecule has 0 spiro atoms. The van der Waals surface area contributed by atoms with Gasteiger partial charge in [0.15, 0.2) is 0 Å². The third-order valence-corrected chi connectivity index (χ3v) is 3.98. The molecule has 1 N–H and O–H groups in total. The molecule has 0 aromatic carbocycles. The summed E-state index contributed by atoms with van der Waals surface area (Å²) in [6, 6.07) is 0. The van der Waals surface area contributed by atoms with E-state index in [9.17, 15) is 9.59 Å². The zero-order valence-electron chi connectivity index (χ0n) is 11.0. The van der Waals surface area contributed by atoms with Gasteiger partial charge in [-0.1, -0.05) is 6.92 Å². The summed E-state index contributed by atoms with van der Waals surface area (Å²) in [7, 11) is 0. The van der Waals surface area contributed by atoms with Crippen LogP contribution in [0.5, 0.6) is 0 Å². The van der Waals surface area contributed by atoms with Gasteiger partial charge in [-0.15, -0.1) is 0 Å². The van der Waals surface area contributed by atoms with Crippen LogP contribution >= 0.6 is 0 Å². The van der Waals surface area contributed by atoms with Gasteiger partial charge in [-0.2, -0.15) is 0 Å². The second kappa shape index (κ2) is 5.69. The Labute approximate surface area is 108 Å². The average molecular weight is 254 g/mol. The number of rotatable bonds is 6. The van der Waals surface area contributed by atoms with Crippen LogP contribution in [0.25, 0.3) is 0 Å². The van der Waals surface area contributed by atoms with Crippen molar-refractivity contribution in [2.45, 2.75) is 32.6 Å². The number of hydrogen-bond acceptors (Lipinski definition) is 3. The molecule has 0 saturated carbocycles. The zero-order valence-corrected chi connectivity index (χ0v) is 11.0. The molecule has 2 amide bonds. The Morgan fingerprint density at radius 3 is 2.78 bits per heavy atom. The van der Waals surface area contributed by atoms with E-state index in [1.807, 2.05) is 11.8 Å². The molecule has 0 radical (unpaired) electrons. The highest BCUT2D eigenvalue weighted by molar-refractivity contribution is 5.83. The van der Waals surface area contributed by atoms with Gasteiger partial charge in [0.1, 0.15) is 0 Å². The van der Waals surface area contributed by atoms with Gasteiger partial charge in [0.05, 0.1) is 18.6 Å². The van der Waals surface area contributed by atoms with Gasteiger partial charge in [0, 0.05) is 26.1 Å². The lowest BCUT2D eigenvalue weighted by Gasteiger charge is -2.39. The third-order valence-electron chi connectivity index (χ3n) is 3.98. The van der Waals surface area contributed by atoms with Gasteiger partial charge in [-0.25, -0.2) is 0 Å². The number of carbonyl (C=O) groups excluding carboxylic acids is 2. The highest BCUT2D eigenvalue weighted by Crippen LogP contribution is 2.31. The molecular formula is C13H22N2O3. The van der Waals surface area contributed by atoms with Gasteiger partial charge in [0.2, 0.25) is 11.8 Å². The quantitative estimate of drug-likeness (QED) is 0.704. The Bertz CT molecular complexity index is 321. The summed E-state index contributed by atoms with van der Waals surface area (Å²) in [6.07, 6.45) is 3.31. The molecule has 0 bridgehead atoms. The number of nitrogens with zero attached hydrogens (tertiary/aromatic N) is 1. The smallest absolute Gasteiger partial charge is 0.230 e. The molecule has 0 aliphatic carbocycles. The van der Waals surface area contributed by atoms with Crippen molar-refractivity contribution in [1.29, 1.82) is 0 Å². The van der Waals surface area contributed by atoms with Crippen molar-refractivity contribution in [3.63, 3.8) is 0 Å². The largest absolute Gasteiger partial charge is 0.379 e. The molecule has 18 heavy (non-hydrogen) atoms. The molecule has 2 heterocycles. The Hall–Kier alpha value is -1.10. The SMILES string of the molecule is CCC1(C(=O)NCCCN2CCCC2=O)COC1. The summed E-state index contributed by atoms with van der Waals surface area (Å²) >= 11 is 0. The summed E-state index contributed by atoms with van der Waals surface area (Å²) in [5.41, 5.74) is -0.288. The highest BCUT2D eigenvalue weighted by Gasteiger charge is 2.43. The first-order valence-corrected chi connectivity index (χ1v) is 6.82. The molecular weight excluding hydrogens is 232 g/mol. The van der Waals surface area contributed by atoms with Crippen LogP contribution in [0.3, 0.4) is 0 Å². The van der Waals surface area contributed by atoms with Crippen LogP contribution in [0, 0.1) is 5.41 Å². The first-order valence-electron chi connectivity index (χ1n) is 6.82. The number of carbonyl (C=O) groups is 2. The predicted molar refractivity (Wildman–Crippen MR) is 67.0 cm³/mol. The van der Waals surface area contributed by atoms with Crippen LogP contribution in [0.2, 0.25) is 0 Å². The van der Waals surface area contributed by atoms with E-state index in [0.29, 0.717) is 26.2 Å². The maximum atomic E-state index is 12.0. The molecule has 5 heteroatoms. The lowest BCUT2D eigenvalue weighted by molar-refractivity contribution is -0.162. The minimum atomic E-state index is -0.288. The number of hydrogen-bond donors (Lipinski definition) is 1. The van der Waals surface area contributed by atoms with Gasteiger partial charge >= 0.3 is 0 Å². The van der Waals surface area contributed by atoms with E-state index in [0.717, 1.165) is 32.4 Å². The standard InChI is InChI=1S/C13H22N2O3/c1-2-13(9-18-10-13)12(17)14-6-4-8-15-7-3-5-11(15)16/h2-10H2,1H3,(H,14,17). The lowest BCUT2D eigenvalue weighted by atomic mass is 9.82. The number of likely N-dealkylation sites (tertiary alicyclic amines) is 1. The number of ether oxygens (including phenoxy) is 1. The van der Waals surface area contributed by atoms with Crippen molar-refractivity contribution in [3.05, 3.63) is 0 Å². The third kappa shape index (κ3) is 2.66. The van der Waals surface area contributed by atoms with Crippen LogP contribution in [0.15, 0.2) is 0 Å². The van der Waals surface area contributed by atoms with Gasteiger partial charge in [-0.05, 0) is 19.3 Å². The first-order chi connectivity index (χ1) is 8.68. The Morgan fingerprint density at radius 1 is 1.50 bits per heavy atom. The zero-order chi connectivity index (χ0) is 13.0. The van der Waals surface area contributed by atoms with Crippen molar-refractivity contribution in [2.75, 3.05) is 32.8 Å². The molecule has 5 nitrogen and oxygen atoms in total. The fourth-order valence-corrected chi connectivity index (χ4v) is 2.44. The molecule has 0 atom stereocenters. The van der Waals surface area contributed by atoms with E-state index in [-0.39, 0.29) is 17.2 Å². The van der Waals surface area contributed by atoms with Gasteiger partial charge in [0.25, 0.3) is 0 Å². The monoisotopic (exact) mass is 254 g/mol. The predicted octanol–water partition coefficient (Wildman–Crippen LogP) is 0.542. The molecule has 2 aliphatic rings. The summed E-state index contributed by atoms with van der Waals surface area (Å²) in [5.74, 6) is 0.350. The normalized spacial score (nSPS) is 21.8. The van der Waals surface area contributed by atoms with E-state index in [2.05, 4.69) is 5.32 Å². The number of amides is 2. The van der Waals surface area contributed by atoms with Crippen molar-refractivity contribution in [3.8, 4) is 0 Å². The van der Waals surface area contributed by atoms with Crippen LogP contribution < -0.4 is 5.32 Å². The second-order valence-corrected chi connectivity index (χ2v) is 5.22. The van der Waals surface area contributed by atoms with E-state index >= 15 is 0 Å². The molecule has 0 aromatic heterocycles. The van der Waals surface area contributed by atoms with E-state index in [4.69, 9.17) is 4.74 Å². The maximum absolute atomic E-state index is 12.0. The van der Waals surface area contributed by atoms with Crippen LogP contribution in [-0.4, -0.2) is 49.6 Å². The van der Waals surface area contributed by atoms with E-state index in [1.54, 1.807) is 0 Å². The summed E-state index contributed by atoms with van der Waals surface area (Å²) in [5, 5.41) is 2.96. The minimum Gasteiger partial charge on any atom is -0.379 e. The van der Waals surface area contributed by atoms with E-state index < -0.39 is 0 Å². The molecule has 102 valence electrons. The van der Waals surface area contributed by atoms with Crippen LogP contribution in [-0.2, 0) is 14.3 Å². The molecule has 0 aromatic rings. The Morgan fingerprint density at radius 2 is 2.28 bits per heavy atom. The van der Waals surface area contributed by atoms with Gasteiger partial charge < -0.3 is 15.0 Å². The van der Waals surface area contributed by atoms with Gasteiger partial charge in [-0.3, -0.25) is 9.59 Å². The van der Waals surface area contributed by atoms with Crippen LogP contribution in [0.4, 0.5) is 0 Å². The number of nitrogens with one attached hydrogen (secondary N) is 1. The van der Waals surface area contributed by atoms with Crippen molar-refractivity contribution in [2.24, 2.45) is 5.41 Å². The van der Waals surface area contributed by atoms with Crippen molar-refractivity contribution >= 4 is 11.8 Å². The van der Waals surface area contributed by atoms with Crippen molar-refractivity contribution < 1.29 is 14.3 Å². The summed E-state index contributed by atoms with van der Waals surface area (Å²) in [6.45, 7) is 5.38. The fourth-order valence-electron chi connectivity index (χ4n) is 2.44.